The first-order chi connectivity index (χ1) is 14.3. The van der Waals surface area contributed by atoms with E-state index in [-0.39, 0.29) is 0 Å². The third-order valence-corrected chi connectivity index (χ3v) is 6.05. The van der Waals surface area contributed by atoms with Crippen molar-refractivity contribution >= 4 is 21.8 Å². The highest BCUT2D eigenvalue weighted by Gasteiger charge is 2.16. The van der Waals surface area contributed by atoms with Gasteiger partial charge in [-0.25, -0.2) is 0 Å². The summed E-state index contributed by atoms with van der Waals surface area (Å²) in [5.41, 5.74) is 7.70. The Bertz CT molecular complexity index is 1180. The number of aromatic nitrogens is 1. The van der Waals surface area contributed by atoms with Gasteiger partial charge in [0.1, 0.15) is 0 Å². The van der Waals surface area contributed by atoms with Crippen molar-refractivity contribution in [1.82, 2.24) is 4.57 Å². The van der Waals surface area contributed by atoms with E-state index in [0.29, 0.717) is 6.04 Å². The van der Waals surface area contributed by atoms with Crippen LogP contribution in [0.1, 0.15) is 26.3 Å². The lowest BCUT2D eigenvalue weighted by Crippen LogP contribution is -2.03. The summed E-state index contributed by atoms with van der Waals surface area (Å²) < 4.78 is 2.51. The highest BCUT2D eigenvalue weighted by Crippen LogP contribution is 2.37. The van der Waals surface area contributed by atoms with E-state index >= 15 is 0 Å². The maximum Gasteiger partial charge on any atom is 0.0494 e. The third kappa shape index (κ3) is 3.03. The average molecular weight is 376 g/mol. The minimum Gasteiger partial charge on any atom is -0.338 e. The van der Waals surface area contributed by atoms with Crippen molar-refractivity contribution in [2.45, 2.75) is 26.3 Å². The molecule has 0 amide bonds. The molecule has 142 valence electrons. The molecule has 0 saturated carbocycles. The van der Waals surface area contributed by atoms with Crippen LogP contribution in [0.25, 0.3) is 44.1 Å². The molecular weight excluding hydrogens is 350 g/mol. The van der Waals surface area contributed by atoms with Crippen molar-refractivity contribution < 1.29 is 0 Å². The van der Waals surface area contributed by atoms with Gasteiger partial charge >= 0.3 is 0 Å². The number of hydrogen-bond donors (Lipinski definition) is 0. The fourth-order valence-electron chi connectivity index (χ4n) is 4.33. The second kappa shape index (κ2) is 7.25. The standard InChI is InChI=1S/C28H25N/c1-3-20(2)29-27-16-14-23(21-10-6-4-7-11-21)18-25(27)26-19-24(15-17-28(26)29)22-12-8-5-9-13-22/h4-20H,3H2,1-2H3. The zero-order valence-electron chi connectivity index (χ0n) is 17.0. The molecule has 5 rings (SSSR count). The van der Waals surface area contributed by atoms with Crippen LogP contribution in [0.5, 0.6) is 0 Å². The smallest absolute Gasteiger partial charge is 0.0494 e. The molecule has 0 saturated heterocycles. The van der Waals surface area contributed by atoms with E-state index in [1.807, 2.05) is 0 Å². The summed E-state index contributed by atoms with van der Waals surface area (Å²) in [7, 11) is 0. The Morgan fingerprint density at radius 3 is 1.45 bits per heavy atom. The Kier molecular flexibility index (Phi) is 4.44. The fourth-order valence-corrected chi connectivity index (χ4v) is 4.33. The van der Waals surface area contributed by atoms with Gasteiger partial charge in [0.2, 0.25) is 0 Å². The van der Waals surface area contributed by atoms with Gasteiger partial charge in [0.25, 0.3) is 0 Å². The van der Waals surface area contributed by atoms with Gasteiger partial charge in [0, 0.05) is 27.8 Å². The van der Waals surface area contributed by atoms with Crippen LogP contribution in [-0.2, 0) is 0 Å². The molecule has 1 nitrogen and oxygen atoms in total. The van der Waals surface area contributed by atoms with Gasteiger partial charge in [-0.2, -0.15) is 0 Å². The monoisotopic (exact) mass is 375 g/mol. The van der Waals surface area contributed by atoms with Gasteiger partial charge in [0.15, 0.2) is 0 Å². The molecule has 1 aromatic heterocycles. The minimum absolute atomic E-state index is 0.458. The second-order valence-electron chi connectivity index (χ2n) is 7.82. The van der Waals surface area contributed by atoms with Crippen molar-refractivity contribution in [3.8, 4) is 22.3 Å². The summed E-state index contributed by atoms with van der Waals surface area (Å²) in [6.07, 6.45) is 1.11. The average Bonchev–Trinajstić information content (AvgIpc) is 3.12. The summed E-state index contributed by atoms with van der Waals surface area (Å²) in [5, 5.41) is 2.67. The van der Waals surface area contributed by atoms with Crippen LogP contribution < -0.4 is 0 Å². The molecule has 1 atom stereocenters. The van der Waals surface area contributed by atoms with Crippen molar-refractivity contribution in [2.75, 3.05) is 0 Å². The zero-order valence-corrected chi connectivity index (χ0v) is 17.0. The third-order valence-electron chi connectivity index (χ3n) is 6.05. The first-order valence-electron chi connectivity index (χ1n) is 10.4. The Morgan fingerprint density at radius 2 is 1.03 bits per heavy atom. The normalized spacial score (nSPS) is 12.5. The van der Waals surface area contributed by atoms with Gasteiger partial charge in [-0.05, 0) is 59.9 Å². The summed E-state index contributed by atoms with van der Waals surface area (Å²) in [6, 6.07) is 35.6. The highest BCUT2D eigenvalue weighted by atomic mass is 15.0. The van der Waals surface area contributed by atoms with E-state index < -0.39 is 0 Å². The molecule has 0 spiro atoms. The van der Waals surface area contributed by atoms with Crippen LogP contribution in [-0.4, -0.2) is 4.57 Å². The molecule has 0 aliphatic rings. The van der Waals surface area contributed by atoms with E-state index in [0.717, 1.165) is 6.42 Å². The quantitative estimate of drug-likeness (QED) is 0.299. The minimum atomic E-state index is 0.458. The first kappa shape index (κ1) is 17.8. The van der Waals surface area contributed by atoms with E-state index in [1.165, 1.54) is 44.1 Å². The molecule has 4 aromatic carbocycles. The van der Waals surface area contributed by atoms with Gasteiger partial charge in [-0.3, -0.25) is 0 Å². The Labute approximate surface area is 172 Å². The van der Waals surface area contributed by atoms with Crippen LogP contribution in [0.3, 0.4) is 0 Å². The van der Waals surface area contributed by atoms with Crippen LogP contribution in [0.4, 0.5) is 0 Å². The number of hydrogen-bond acceptors (Lipinski definition) is 0. The van der Waals surface area contributed by atoms with Crippen LogP contribution in [0, 0.1) is 0 Å². The SMILES string of the molecule is CCC(C)n1c2ccc(-c3ccccc3)cc2c2cc(-c3ccccc3)ccc21. The molecule has 0 N–H and O–H groups in total. The number of fused-ring (bicyclic) bond motifs is 3. The summed E-state index contributed by atoms with van der Waals surface area (Å²) in [6.45, 7) is 4.58. The van der Waals surface area contributed by atoms with Gasteiger partial charge in [0.05, 0.1) is 0 Å². The number of rotatable bonds is 4. The fraction of sp³-hybridized carbons (Fsp3) is 0.143. The van der Waals surface area contributed by atoms with Gasteiger partial charge in [-0.15, -0.1) is 0 Å². The highest BCUT2D eigenvalue weighted by molar-refractivity contribution is 6.10. The van der Waals surface area contributed by atoms with Crippen LogP contribution in [0.2, 0.25) is 0 Å². The second-order valence-corrected chi connectivity index (χ2v) is 7.82. The molecule has 1 heterocycles. The maximum atomic E-state index is 2.51. The maximum absolute atomic E-state index is 2.51. The zero-order chi connectivity index (χ0) is 19.8. The first-order valence-corrected chi connectivity index (χ1v) is 10.4. The molecule has 0 aliphatic heterocycles. The number of benzene rings is 4. The van der Waals surface area contributed by atoms with E-state index in [2.05, 4.69) is 115 Å². The van der Waals surface area contributed by atoms with E-state index in [9.17, 15) is 0 Å². The lowest BCUT2D eigenvalue weighted by Gasteiger charge is -2.15. The molecule has 5 aromatic rings. The molecule has 29 heavy (non-hydrogen) atoms. The topological polar surface area (TPSA) is 4.93 Å². The largest absolute Gasteiger partial charge is 0.338 e. The Morgan fingerprint density at radius 1 is 0.586 bits per heavy atom. The van der Waals surface area contributed by atoms with Crippen molar-refractivity contribution in [1.29, 1.82) is 0 Å². The molecule has 0 bridgehead atoms. The Balaban J connectivity index is 1.80. The van der Waals surface area contributed by atoms with Crippen LogP contribution >= 0.6 is 0 Å². The van der Waals surface area contributed by atoms with Gasteiger partial charge in [-0.1, -0.05) is 79.7 Å². The molecule has 1 unspecified atom stereocenters. The van der Waals surface area contributed by atoms with Crippen molar-refractivity contribution in [3.05, 3.63) is 97.1 Å². The van der Waals surface area contributed by atoms with Crippen molar-refractivity contribution in [3.63, 3.8) is 0 Å². The predicted molar refractivity (Wildman–Crippen MR) is 125 cm³/mol. The molecule has 0 aliphatic carbocycles. The summed E-state index contributed by atoms with van der Waals surface area (Å²) in [5.74, 6) is 0. The molecule has 1 heteroatoms. The molecular formula is C28H25N. The Hall–Kier alpha value is -3.32. The number of nitrogens with zero attached hydrogens (tertiary/aromatic N) is 1. The van der Waals surface area contributed by atoms with E-state index in [4.69, 9.17) is 0 Å². The molecule has 0 radical (unpaired) electrons. The summed E-state index contributed by atoms with van der Waals surface area (Å²) in [4.78, 5) is 0. The van der Waals surface area contributed by atoms with E-state index in [1.54, 1.807) is 0 Å². The molecule has 0 fully saturated rings. The van der Waals surface area contributed by atoms with Gasteiger partial charge < -0.3 is 4.57 Å². The predicted octanol–water partition coefficient (Wildman–Crippen LogP) is 8.10. The van der Waals surface area contributed by atoms with Crippen molar-refractivity contribution in [2.24, 2.45) is 0 Å². The lowest BCUT2D eigenvalue weighted by atomic mass is 10.0. The van der Waals surface area contributed by atoms with Crippen LogP contribution in [0.15, 0.2) is 97.1 Å². The lowest BCUT2D eigenvalue weighted by molar-refractivity contribution is 0.563. The summed E-state index contributed by atoms with van der Waals surface area (Å²) >= 11 is 0.